The third-order valence-corrected chi connectivity index (χ3v) is 7.44. The van der Waals surface area contributed by atoms with Gasteiger partial charge in [-0.1, -0.05) is 124 Å². The topological polar surface area (TPSA) is 23.5 Å². The normalized spacial score (nSPS) is 12.8. The van der Waals surface area contributed by atoms with Gasteiger partial charge in [0.2, 0.25) is 0 Å². The van der Waals surface area contributed by atoms with Crippen molar-refractivity contribution in [1.82, 2.24) is 4.90 Å². The van der Waals surface area contributed by atoms with E-state index in [2.05, 4.69) is 83.2 Å². The third-order valence-electron chi connectivity index (χ3n) is 6.81. The number of nitrogens with zero attached hydrogens (tertiary/aromatic N) is 1. The van der Waals surface area contributed by atoms with Gasteiger partial charge in [0, 0.05) is 16.4 Å². The molecule has 0 radical (unpaired) electrons. The fourth-order valence-corrected chi connectivity index (χ4v) is 5.62. The molecule has 2 nitrogen and oxygen atoms in total. The van der Waals surface area contributed by atoms with Crippen molar-refractivity contribution in [3.63, 3.8) is 0 Å². The highest BCUT2D eigenvalue weighted by molar-refractivity contribution is 9.10. The van der Waals surface area contributed by atoms with Gasteiger partial charge in [0.25, 0.3) is 0 Å². The van der Waals surface area contributed by atoms with Crippen molar-refractivity contribution in [3.8, 4) is 0 Å². The van der Waals surface area contributed by atoms with Crippen molar-refractivity contribution in [3.05, 3.63) is 58.6 Å². The van der Waals surface area contributed by atoms with Gasteiger partial charge in [-0.2, -0.15) is 0 Å². The SMILES string of the molecule is CCCCCCCN(CCCCCCC)CC(O)c1cccc2c1c(Br)cc1ccccc12. The number of hydrogen-bond donors (Lipinski definition) is 1. The molecule has 1 unspecified atom stereocenters. The van der Waals surface area contributed by atoms with Gasteiger partial charge in [-0.25, -0.2) is 0 Å². The van der Waals surface area contributed by atoms with E-state index in [1.54, 1.807) is 0 Å². The van der Waals surface area contributed by atoms with E-state index in [4.69, 9.17) is 0 Å². The first-order valence-electron chi connectivity index (χ1n) is 13.2. The summed E-state index contributed by atoms with van der Waals surface area (Å²) in [7, 11) is 0. The molecule has 0 amide bonds. The molecule has 3 aromatic rings. The lowest BCUT2D eigenvalue weighted by molar-refractivity contribution is 0.111. The molecular weight excluding hydrogens is 470 g/mol. The zero-order valence-corrected chi connectivity index (χ0v) is 22.2. The molecule has 3 aromatic carbocycles. The van der Waals surface area contributed by atoms with Crippen LogP contribution in [0.5, 0.6) is 0 Å². The minimum atomic E-state index is -0.488. The zero-order valence-electron chi connectivity index (χ0n) is 20.7. The van der Waals surface area contributed by atoms with E-state index in [9.17, 15) is 5.11 Å². The fourth-order valence-electron chi connectivity index (χ4n) is 4.93. The lowest BCUT2D eigenvalue weighted by atomic mass is 9.95. The monoisotopic (exact) mass is 511 g/mol. The highest BCUT2D eigenvalue weighted by Gasteiger charge is 2.18. The summed E-state index contributed by atoms with van der Waals surface area (Å²) in [5.74, 6) is 0. The maximum Gasteiger partial charge on any atom is 0.0923 e. The zero-order chi connectivity index (χ0) is 23.5. The molecule has 33 heavy (non-hydrogen) atoms. The first-order valence-corrected chi connectivity index (χ1v) is 13.9. The van der Waals surface area contributed by atoms with Crippen LogP contribution in [-0.4, -0.2) is 29.6 Å². The van der Waals surface area contributed by atoms with Gasteiger partial charge in [-0.3, -0.25) is 0 Å². The van der Waals surface area contributed by atoms with E-state index < -0.39 is 6.10 Å². The lowest BCUT2D eigenvalue weighted by Gasteiger charge is -2.26. The van der Waals surface area contributed by atoms with Crippen LogP contribution in [0.3, 0.4) is 0 Å². The Morgan fingerprint density at radius 1 is 0.758 bits per heavy atom. The van der Waals surface area contributed by atoms with Crippen LogP contribution < -0.4 is 0 Å². The molecule has 0 saturated carbocycles. The molecule has 0 aromatic heterocycles. The Bertz CT molecular complexity index is 972. The molecule has 3 heteroatoms. The Hall–Kier alpha value is -1.42. The quantitative estimate of drug-likeness (QED) is 0.162. The number of fused-ring (bicyclic) bond motifs is 3. The van der Waals surface area contributed by atoms with Crippen molar-refractivity contribution in [1.29, 1.82) is 0 Å². The average Bonchev–Trinajstić information content (AvgIpc) is 2.83. The number of rotatable bonds is 15. The Morgan fingerprint density at radius 2 is 1.36 bits per heavy atom. The van der Waals surface area contributed by atoms with Gasteiger partial charge in [0.05, 0.1) is 6.10 Å². The molecule has 180 valence electrons. The summed E-state index contributed by atoms with van der Waals surface area (Å²) in [4.78, 5) is 2.51. The molecule has 0 fully saturated rings. The number of aliphatic hydroxyl groups is 1. The largest absolute Gasteiger partial charge is 0.387 e. The molecule has 0 aliphatic heterocycles. The number of hydrogen-bond acceptors (Lipinski definition) is 2. The first-order chi connectivity index (χ1) is 16.2. The Kier molecular flexibility index (Phi) is 11.2. The van der Waals surface area contributed by atoms with Crippen molar-refractivity contribution in [2.24, 2.45) is 0 Å². The molecule has 1 N–H and O–H groups in total. The van der Waals surface area contributed by atoms with E-state index in [1.165, 1.54) is 80.4 Å². The van der Waals surface area contributed by atoms with E-state index in [-0.39, 0.29) is 0 Å². The molecule has 0 saturated heterocycles. The number of benzene rings is 3. The van der Waals surface area contributed by atoms with E-state index in [1.807, 2.05) is 0 Å². The second-order valence-corrected chi connectivity index (χ2v) is 10.3. The fraction of sp³-hybridized carbons (Fsp3) is 0.533. The Labute approximate surface area is 209 Å². The summed E-state index contributed by atoms with van der Waals surface area (Å²) in [6.45, 7) is 7.42. The maximum absolute atomic E-state index is 11.4. The summed E-state index contributed by atoms with van der Waals surface area (Å²) < 4.78 is 1.07. The summed E-state index contributed by atoms with van der Waals surface area (Å²) in [5.41, 5.74) is 1.03. The van der Waals surface area contributed by atoms with Crippen LogP contribution in [0.4, 0.5) is 0 Å². The van der Waals surface area contributed by atoms with E-state index >= 15 is 0 Å². The summed E-state index contributed by atoms with van der Waals surface area (Å²) in [6.07, 6.45) is 12.4. The van der Waals surface area contributed by atoms with Crippen molar-refractivity contribution in [2.75, 3.05) is 19.6 Å². The third kappa shape index (κ3) is 7.53. The predicted octanol–water partition coefficient (Wildman–Crippen LogP) is 9.03. The molecular formula is C30H42BrNO. The number of halogens is 1. The Morgan fingerprint density at radius 3 is 2.03 bits per heavy atom. The summed E-state index contributed by atoms with van der Waals surface area (Å²) in [5, 5.41) is 16.2. The van der Waals surface area contributed by atoms with Gasteiger partial charge < -0.3 is 10.0 Å². The molecule has 0 aliphatic rings. The molecule has 0 spiro atoms. The van der Waals surface area contributed by atoms with E-state index in [0.29, 0.717) is 6.54 Å². The minimum Gasteiger partial charge on any atom is -0.387 e. The van der Waals surface area contributed by atoms with Gasteiger partial charge in [-0.05, 0) is 53.7 Å². The van der Waals surface area contributed by atoms with E-state index in [0.717, 1.165) is 28.5 Å². The second kappa shape index (κ2) is 14.1. The van der Waals surface area contributed by atoms with Crippen LogP contribution in [0.2, 0.25) is 0 Å². The van der Waals surface area contributed by atoms with Crippen LogP contribution in [0.15, 0.2) is 53.0 Å². The molecule has 1 atom stereocenters. The summed E-state index contributed by atoms with van der Waals surface area (Å²) in [6, 6.07) is 17.1. The predicted molar refractivity (Wildman–Crippen MR) is 148 cm³/mol. The highest BCUT2D eigenvalue weighted by Crippen LogP contribution is 2.36. The smallest absolute Gasteiger partial charge is 0.0923 e. The van der Waals surface area contributed by atoms with Gasteiger partial charge in [0.1, 0.15) is 0 Å². The standard InChI is InChI=1S/C30H42BrNO/c1-3-5-7-9-13-20-32(21-14-10-8-6-4-2)23-29(33)27-19-15-18-26-25-17-12-11-16-24(25)22-28(31)30(26)27/h11-12,15-19,22,29,33H,3-10,13-14,20-21,23H2,1-2H3. The number of unbranched alkanes of at least 4 members (excludes halogenated alkanes) is 8. The number of aliphatic hydroxyl groups excluding tert-OH is 1. The lowest BCUT2D eigenvalue weighted by Crippen LogP contribution is -2.31. The van der Waals surface area contributed by atoms with Crippen LogP contribution in [-0.2, 0) is 0 Å². The van der Waals surface area contributed by atoms with Gasteiger partial charge in [0.15, 0.2) is 0 Å². The first kappa shape index (κ1) is 26.2. The average molecular weight is 513 g/mol. The maximum atomic E-state index is 11.4. The molecule has 0 bridgehead atoms. The van der Waals surface area contributed by atoms with Gasteiger partial charge >= 0.3 is 0 Å². The van der Waals surface area contributed by atoms with Crippen molar-refractivity contribution in [2.45, 2.75) is 84.2 Å². The minimum absolute atomic E-state index is 0.488. The van der Waals surface area contributed by atoms with Crippen LogP contribution in [0.25, 0.3) is 21.5 Å². The second-order valence-electron chi connectivity index (χ2n) is 9.49. The van der Waals surface area contributed by atoms with Crippen LogP contribution in [0.1, 0.15) is 89.7 Å². The molecule has 0 heterocycles. The summed E-state index contributed by atoms with van der Waals surface area (Å²) >= 11 is 3.81. The van der Waals surface area contributed by atoms with Crippen LogP contribution >= 0.6 is 15.9 Å². The molecule has 3 rings (SSSR count). The van der Waals surface area contributed by atoms with Crippen molar-refractivity contribution >= 4 is 37.5 Å². The van der Waals surface area contributed by atoms with Crippen LogP contribution in [0, 0.1) is 0 Å². The van der Waals surface area contributed by atoms with Crippen molar-refractivity contribution < 1.29 is 5.11 Å². The molecule has 0 aliphatic carbocycles. The van der Waals surface area contributed by atoms with Gasteiger partial charge in [-0.15, -0.1) is 0 Å². The highest BCUT2D eigenvalue weighted by atomic mass is 79.9. The Balaban J connectivity index is 1.75.